The minimum atomic E-state index is -0.781. The van der Waals surface area contributed by atoms with Gasteiger partial charge >= 0.3 is 0 Å². The van der Waals surface area contributed by atoms with Gasteiger partial charge < -0.3 is 21.8 Å². The molecule has 1 aliphatic heterocycles. The van der Waals surface area contributed by atoms with Gasteiger partial charge in [-0.05, 0) is 35.9 Å². The first-order valence-electron chi connectivity index (χ1n) is 11.3. The molecular weight excluding hydrogens is 447 g/mol. The number of aliphatic imine (C=N–C) groups is 1. The number of carbonyl (C=O) groups is 1. The van der Waals surface area contributed by atoms with Crippen LogP contribution in [0.3, 0.4) is 0 Å². The second-order valence-corrected chi connectivity index (χ2v) is 8.65. The van der Waals surface area contributed by atoms with Crippen LogP contribution in [0.1, 0.15) is 24.8 Å². The summed E-state index contributed by atoms with van der Waals surface area (Å²) < 4.78 is 13.4. The number of nitrogens with two attached hydrogens (primary N) is 2. The fraction of sp³-hybridized carbons (Fsp3) is 0.280. The van der Waals surface area contributed by atoms with Gasteiger partial charge in [-0.15, -0.1) is 0 Å². The highest BCUT2D eigenvalue weighted by Gasteiger charge is 2.34. The highest BCUT2D eigenvalue weighted by atomic mass is 19.1. The van der Waals surface area contributed by atoms with Crippen LogP contribution in [0, 0.1) is 17.3 Å². The lowest BCUT2D eigenvalue weighted by Gasteiger charge is -2.41. The van der Waals surface area contributed by atoms with Gasteiger partial charge in [-0.3, -0.25) is 9.69 Å². The maximum absolute atomic E-state index is 13.4. The van der Waals surface area contributed by atoms with Crippen molar-refractivity contribution in [2.45, 2.75) is 31.3 Å². The van der Waals surface area contributed by atoms with Crippen LogP contribution in [0.2, 0.25) is 0 Å². The average Bonchev–Trinajstić information content (AvgIpc) is 3.31. The van der Waals surface area contributed by atoms with E-state index in [0.717, 1.165) is 31.2 Å². The van der Waals surface area contributed by atoms with Crippen molar-refractivity contribution in [2.24, 2.45) is 16.5 Å². The van der Waals surface area contributed by atoms with E-state index in [1.54, 1.807) is 0 Å². The number of primary amides is 1. The number of carbonyl (C=O) groups excluding carboxylic acids is 1. The Labute approximate surface area is 202 Å². The quantitative estimate of drug-likeness (QED) is 0.171. The van der Waals surface area contributed by atoms with E-state index in [1.165, 1.54) is 29.4 Å². The number of amides is 1. The Morgan fingerprint density at radius 1 is 1.31 bits per heavy atom. The van der Waals surface area contributed by atoms with Gasteiger partial charge in [-0.1, -0.05) is 18.2 Å². The Hall–Kier alpha value is -4.23. The van der Waals surface area contributed by atoms with E-state index in [1.807, 2.05) is 6.20 Å². The zero-order valence-electron chi connectivity index (χ0n) is 19.2. The summed E-state index contributed by atoms with van der Waals surface area (Å²) in [5.74, 6) is -1.65. The number of H-pyrrole nitrogens is 1. The summed E-state index contributed by atoms with van der Waals surface area (Å²) in [6.07, 6.45) is 6.24. The molecule has 9 nitrogen and oxygen atoms in total. The van der Waals surface area contributed by atoms with Crippen molar-refractivity contribution >= 4 is 28.3 Å². The maximum Gasteiger partial charge on any atom is 0.253 e. The largest absolute Gasteiger partial charge is 0.384 e. The summed E-state index contributed by atoms with van der Waals surface area (Å²) in [6, 6.07) is 13.1. The molecule has 0 bridgehead atoms. The number of hydrogen-bond donors (Lipinski definition) is 4. The number of pyridine rings is 1. The second kappa shape index (κ2) is 10.4. The van der Waals surface area contributed by atoms with Crippen molar-refractivity contribution in [3.8, 4) is 6.07 Å². The molecular formula is C25H27FN8O. The van der Waals surface area contributed by atoms with Crippen LogP contribution in [-0.2, 0) is 11.3 Å². The van der Waals surface area contributed by atoms with Gasteiger partial charge in [-0.2, -0.15) is 9.65 Å². The van der Waals surface area contributed by atoms with E-state index in [-0.39, 0.29) is 23.5 Å². The third-order valence-electron chi connectivity index (χ3n) is 6.32. The monoisotopic (exact) mass is 474 g/mol. The van der Waals surface area contributed by atoms with Gasteiger partial charge in [0, 0.05) is 49.8 Å². The summed E-state index contributed by atoms with van der Waals surface area (Å²) in [4.78, 5) is 25.3. The molecule has 1 saturated heterocycles. The molecule has 0 spiro atoms. The molecule has 0 radical (unpaired) electrons. The van der Waals surface area contributed by atoms with Crippen LogP contribution >= 0.6 is 0 Å². The van der Waals surface area contributed by atoms with Crippen LogP contribution in [0.5, 0.6) is 0 Å². The number of nitrogens with zero attached hydrogens (tertiary/aromatic N) is 4. The van der Waals surface area contributed by atoms with E-state index in [9.17, 15) is 14.4 Å². The molecule has 3 aromatic rings. The smallest absolute Gasteiger partial charge is 0.253 e. The number of para-hydroxylation sites is 1. The summed E-state index contributed by atoms with van der Waals surface area (Å²) in [5.41, 5.74) is 13.5. The zero-order chi connectivity index (χ0) is 24.8. The number of benzene rings is 1. The summed E-state index contributed by atoms with van der Waals surface area (Å²) >= 11 is 0. The van der Waals surface area contributed by atoms with Gasteiger partial charge in [0.1, 0.15) is 5.84 Å². The van der Waals surface area contributed by atoms with Gasteiger partial charge in [0.25, 0.3) is 5.91 Å². The number of aromatic nitrogens is 2. The third-order valence-corrected chi connectivity index (χ3v) is 6.32. The Morgan fingerprint density at radius 2 is 2.11 bits per heavy atom. The van der Waals surface area contributed by atoms with E-state index in [2.05, 4.69) is 55.5 Å². The number of aromatic amines is 1. The lowest BCUT2D eigenvalue weighted by molar-refractivity contribution is -0.114. The molecule has 180 valence electrons. The molecule has 4 rings (SSSR count). The SMILES string of the molecule is N#CCC1(N/C=C(/C(N)=O)C(N)=Nc2ccnc(F)c2)CCN(Cc2cccc3cc[nH]c23)CC1. The van der Waals surface area contributed by atoms with Gasteiger partial charge in [0.2, 0.25) is 5.95 Å². The summed E-state index contributed by atoms with van der Waals surface area (Å²) in [7, 11) is 0. The Morgan fingerprint density at radius 3 is 2.83 bits per heavy atom. The molecule has 3 heterocycles. The van der Waals surface area contributed by atoms with Crippen LogP contribution in [-0.4, -0.2) is 45.2 Å². The molecule has 0 atom stereocenters. The van der Waals surface area contributed by atoms with Crippen molar-refractivity contribution in [1.82, 2.24) is 20.2 Å². The summed E-state index contributed by atoms with van der Waals surface area (Å²) in [5, 5.41) is 13.9. The van der Waals surface area contributed by atoms with Gasteiger partial charge in [0.15, 0.2) is 0 Å². The van der Waals surface area contributed by atoms with Crippen molar-refractivity contribution < 1.29 is 9.18 Å². The van der Waals surface area contributed by atoms with Crippen molar-refractivity contribution in [2.75, 3.05) is 13.1 Å². The van der Waals surface area contributed by atoms with Crippen molar-refractivity contribution in [3.05, 3.63) is 72.1 Å². The van der Waals surface area contributed by atoms with Gasteiger partial charge in [-0.25, -0.2) is 9.98 Å². The molecule has 2 aromatic heterocycles. The highest BCUT2D eigenvalue weighted by Crippen LogP contribution is 2.28. The Bertz CT molecular complexity index is 1310. The van der Waals surface area contributed by atoms with Crippen molar-refractivity contribution in [1.29, 1.82) is 5.26 Å². The van der Waals surface area contributed by atoms with Crippen LogP contribution < -0.4 is 16.8 Å². The lowest BCUT2D eigenvalue weighted by Crippen LogP contribution is -2.51. The number of piperidine rings is 1. The molecule has 1 fully saturated rings. The molecule has 0 unspecified atom stereocenters. The topological polar surface area (TPSA) is 149 Å². The van der Waals surface area contributed by atoms with Crippen LogP contribution in [0.4, 0.5) is 10.1 Å². The molecule has 0 saturated carbocycles. The fourth-order valence-corrected chi connectivity index (χ4v) is 4.34. The standard InChI is InChI=1S/C25H27FN8O/c26-21-14-19(5-11-30-21)33-23(28)20(24(29)35)15-32-25(6-9-27)7-12-34(13-8-25)16-18-3-1-2-17-4-10-31-22(17)18/h1-5,10-11,14-15,31-32H,6-8,12-13,16H2,(H2,29,35)(H2,28,30,33)/b20-15+. The van der Waals surface area contributed by atoms with E-state index in [0.29, 0.717) is 12.8 Å². The maximum atomic E-state index is 13.4. The number of rotatable bonds is 8. The normalized spacial score (nSPS) is 16.7. The lowest BCUT2D eigenvalue weighted by atomic mass is 9.84. The van der Waals surface area contributed by atoms with Crippen LogP contribution in [0.25, 0.3) is 10.9 Å². The Balaban J connectivity index is 1.47. The second-order valence-electron chi connectivity index (χ2n) is 8.65. The number of nitrogens with one attached hydrogen (secondary N) is 2. The first-order chi connectivity index (χ1) is 16.9. The first-order valence-corrected chi connectivity index (χ1v) is 11.3. The molecule has 0 aliphatic carbocycles. The molecule has 1 aliphatic rings. The number of halogens is 1. The minimum Gasteiger partial charge on any atom is -0.384 e. The van der Waals surface area contributed by atoms with E-state index < -0.39 is 17.4 Å². The molecule has 35 heavy (non-hydrogen) atoms. The minimum absolute atomic E-state index is 0.0413. The zero-order valence-corrected chi connectivity index (χ0v) is 19.2. The number of nitriles is 1. The number of hydrogen-bond acceptors (Lipinski definition) is 6. The Kier molecular flexibility index (Phi) is 7.08. The molecule has 10 heteroatoms. The predicted molar refractivity (Wildman–Crippen MR) is 132 cm³/mol. The first kappa shape index (κ1) is 23.9. The number of likely N-dealkylation sites (tertiary alicyclic amines) is 1. The number of amidine groups is 1. The highest BCUT2D eigenvalue weighted by molar-refractivity contribution is 6.20. The molecule has 1 amide bonds. The average molecular weight is 475 g/mol. The summed E-state index contributed by atoms with van der Waals surface area (Å²) in [6.45, 7) is 2.34. The van der Waals surface area contributed by atoms with Crippen molar-refractivity contribution in [3.63, 3.8) is 0 Å². The third kappa shape index (κ3) is 5.65. The van der Waals surface area contributed by atoms with E-state index >= 15 is 0 Å². The van der Waals surface area contributed by atoms with Gasteiger partial charge in [0.05, 0.1) is 29.3 Å². The molecule has 1 aromatic carbocycles. The van der Waals surface area contributed by atoms with Crippen LogP contribution in [0.15, 0.2) is 65.6 Å². The number of fused-ring (bicyclic) bond motifs is 1. The fourth-order valence-electron chi connectivity index (χ4n) is 4.34. The molecule has 6 N–H and O–H groups in total. The van der Waals surface area contributed by atoms with E-state index in [4.69, 9.17) is 11.5 Å². The predicted octanol–water partition coefficient (Wildman–Crippen LogP) is 2.60.